The van der Waals surface area contributed by atoms with Gasteiger partial charge in [-0.2, -0.15) is 0 Å². The number of amides is 1. The van der Waals surface area contributed by atoms with Crippen LogP contribution in [0.1, 0.15) is 19.4 Å². The predicted molar refractivity (Wildman–Crippen MR) is 75.6 cm³/mol. The predicted octanol–water partition coefficient (Wildman–Crippen LogP) is 2.26. The highest BCUT2D eigenvalue weighted by Gasteiger charge is 2.19. The highest BCUT2D eigenvalue weighted by molar-refractivity contribution is 6.31. The number of carbonyl (C=O) groups is 1. The average Bonchev–Trinajstić information content (AvgIpc) is 2.28. The highest BCUT2D eigenvalue weighted by Crippen LogP contribution is 2.21. The largest absolute Gasteiger partial charge is 0.484 e. The molecule has 0 fully saturated rings. The molecule has 1 rings (SSSR count). The summed E-state index contributed by atoms with van der Waals surface area (Å²) in [6.45, 7) is 5.38. The molecule has 1 aromatic carbocycles. The van der Waals surface area contributed by atoms with Crippen molar-refractivity contribution in [3.8, 4) is 5.75 Å². The van der Waals surface area contributed by atoms with Gasteiger partial charge in [0.25, 0.3) is 5.91 Å². The molecule has 106 valence electrons. The number of ether oxygens (including phenoxy) is 1. The van der Waals surface area contributed by atoms with Crippen LogP contribution >= 0.6 is 11.6 Å². The Morgan fingerprint density at radius 1 is 1.47 bits per heavy atom. The van der Waals surface area contributed by atoms with Crippen LogP contribution in [0.5, 0.6) is 5.75 Å². The first kappa shape index (κ1) is 15.8. The molecule has 0 heterocycles. The molecule has 0 aliphatic heterocycles. The van der Waals surface area contributed by atoms with Gasteiger partial charge in [-0.25, -0.2) is 0 Å². The molecular weight excluding hydrogens is 266 g/mol. The first-order valence-corrected chi connectivity index (χ1v) is 6.42. The van der Waals surface area contributed by atoms with E-state index in [-0.39, 0.29) is 19.1 Å². The van der Waals surface area contributed by atoms with E-state index in [2.05, 4.69) is 0 Å². The monoisotopic (exact) mass is 285 g/mol. The molecule has 4 nitrogen and oxygen atoms in total. The van der Waals surface area contributed by atoms with Crippen LogP contribution in [-0.4, -0.2) is 41.7 Å². The van der Waals surface area contributed by atoms with Gasteiger partial charge in [0, 0.05) is 18.6 Å². The summed E-state index contributed by atoms with van der Waals surface area (Å²) in [4.78, 5) is 13.3. The molecule has 0 atom stereocenters. The SMILES string of the molecule is Cc1cc(OCC(=O)N(C)CC(C)(C)O)ccc1Cl. The van der Waals surface area contributed by atoms with E-state index in [0.717, 1.165) is 5.56 Å². The van der Waals surface area contributed by atoms with Gasteiger partial charge in [0.1, 0.15) is 5.75 Å². The van der Waals surface area contributed by atoms with E-state index in [4.69, 9.17) is 16.3 Å². The Kier molecular flexibility index (Phi) is 5.20. The Hall–Kier alpha value is -1.26. The normalized spacial score (nSPS) is 11.3. The van der Waals surface area contributed by atoms with Crippen molar-refractivity contribution in [3.05, 3.63) is 28.8 Å². The molecule has 0 radical (unpaired) electrons. The van der Waals surface area contributed by atoms with Gasteiger partial charge in [-0.15, -0.1) is 0 Å². The molecule has 0 aromatic heterocycles. The Balaban J connectivity index is 2.52. The fraction of sp³-hybridized carbons (Fsp3) is 0.500. The van der Waals surface area contributed by atoms with Crippen LogP contribution in [0, 0.1) is 6.92 Å². The highest BCUT2D eigenvalue weighted by atomic mass is 35.5. The quantitative estimate of drug-likeness (QED) is 0.903. The summed E-state index contributed by atoms with van der Waals surface area (Å²) in [5, 5.41) is 10.3. The molecule has 1 N–H and O–H groups in total. The second-order valence-electron chi connectivity index (χ2n) is 5.26. The van der Waals surface area contributed by atoms with Crippen molar-refractivity contribution in [2.45, 2.75) is 26.4 Å². The standard InChI is InChI=1S/C14H20ClNO3/c1-10-7-11(5-6-12(10)15)19-8-13(17)16(4)9-14(2,3)18/h5-7,18H,8-9H2,1-4H3. The zero-order valence-corrected chi connectivity index (χ0v) is 12.5. The average molecular weight is 286 g/mol. The number of nitrogens with zero attached hydrogens (tertiary/aromatic N) is 1. The minimum absolute atomic E-state index is 0.0619. The van der Waals surface area contributed by atoms with Gasteiger partial charge in [0.15, 0.2) is 6.61 Å². The van der Waals surface area contributed by atoms with Crippen molar-refractivity contribution in [2.75, 3.05) is 20.2 Å². The zero-order chi connectivity index (χ0) is 14.6. The van der Waals surface area contributed by atoms with Gasteiger partial charge in [-0.3, -0.25) is 4.79 Å². The van der Waals surface area contributed by atoms with Crippen LogP contribution in [-0.2, 0) is 4.79 Å². The molecule has 0 bridgehead atoms. The first-order chi connectivity index (χ1) is 8.69. The Morgan fingerprint density at radius 2 is 2.11 bits per heavy atom. The number of rotatable bonds is 5. The number of carbonyl (C=O) groups excluding carboxylic acids is 1. The lowest BCUT2D eigenvalue weighted by Gasteiger charge is -2.25. The summed E-state index contributed by atoms with van der Waals surface area (Å²) in [6.07, 6.45) is 0. The lowest BCUT2D eigenvalue weighted by Crippen LogP contribution is -2.41. The van der Waals surface area contributed by atoms with Crippen molar-refractivity contribution >= 4 is 17.5 Å². The van der Waals surface area contributed by atoms with Crippen LogP contribution in [0.25, 0.3) is 0 Å². The van der Waals surface area contributed by atoms with E-state index < -0.39 is 5.60 Å². The van der Waals surface area contributed by atoms with Crippen LogP contribution < -0.4 is 4.74 Å². The van der Waals surface area contributed by atoms with Crippen molar-refractivity contribution in [3.63, 3.8) is 0 Å². The molecule has 0 spiro atoms. The number of aliphatic hydroxyl groups is 1. The molecule has 0 unspecified atom stereocenters. The number of likely N-dealkylation sites (N-methyl/N-ethyl adjacent to an activating group) is 1. The molecule has 0 saturated carbocycles. The van der Waals surface area contributed by atoms with E-state index in [1.54, 1.807) is 39.1 Å². The number of halogens is 1. The second-order valence-corrected chi connectivity index (χ2v) is 5.67. The zero-order valence-electron chi connectivity index (χ0n) is 11.7. The van der Waals surface area contributed by atoms with Gasteiger partial charge in [0.05, 0.1) is 5.60 Å². The maximum atomic E-state index is 11.8. The van der Waals surface area contributed by atoms with Crippen molar-refractivity contribution in [1.29, 1.82) is 0 Å². The van der Waals surface area contributed by atoms with E-state index in [9.17, 15) is 9.90 Å². The number of aryl methyl sites for hydroxylation is 1. The molecule has 0 aliphatic carbocycles. The van der Waals surface area contributed by atoms with E-state index in [1.807, 2.05) is 6.92 Å². The maximum Gasteiger partial charge on any atom is 0.260 e. The number of hydrogen-bond acceptors (Lipinski definition) is 3. The van der Waals surface area contributed by atoms with E-state index in [0.29, 0.717) is 10.8 Å². The fourth-order valence-corrected chi connectivity index (χ4v) is 1.75. The summed E-state index contributed by atoms with van der Waals surface area (Å²) in [5.74, 6) is 0.418. The molecule has 1 amide bonds. The van der Waals surface area contributed by atoms with Gasteiger partial charge < -0.3 is 14.7 Å². The lowest BCUT2D eigenvalue weighted by molar-refractivity contribution is -0.134. The summed E-state index contributed by atoms with van der Waals surface area (Å²) < 4.78 is 5.41. The van der Waals surface area contributed by atoms with E-state index in [1.165, 1.54) is 4.90 Å². The number of benzene rings is 1. The Labute approximate surface area is 118 Å². The first-order valence-electron chi connectivity index (χ1n) is 6.04. The van der Waals surface area contributed by atoms with Gasteiger partial charge >= 0.3 is 0 Å². The lowest BCUT2D eigenvalue weighted by atomic mass is 10.1. The summed E-state index contributed by atoms with van der Waals surface area (Å²) in [5.41, 5.74) is -0.0159. The third-order valence-electron chi connectivity index (χ3n) is 2.54. The molecule has 1 aromatic rings. The fourth-order valence-electron chi connectivity index (χ4n) is 1.63. The summed E-state index contributed by atoms with van der Waals surface area (Å²) in [6, 6.07) is 5.24. The summed E-state index contributed by atoms with van der Waals surface area (Å²) in [7, 11) is 1.64. The Bertz CT molecular complexity index is 454. The topological polar surface area (TPSA) is 49.8 Å². The minimum atomic E-state index is -0.915. The maximum absolute atomic E-state index is 11.8. The Morgan fingerprint density at radius 3 is 2.63 bits per heavy atom. The summed E-state index contributed by atoms with van der Waals surface area (Å²) >= 11 is 5.91. The smallest absolute Gasteiger partial charge is 0.260 e. The van der Waals surface area contributed by atoms with Crippen LogP contribution in [0.4, 0.5) is 0 Å². The van der Waals surface area contributed by atoms with E-state index >= 15 is 0 Å². The molecule has 5 heteroatoms. The van der Waals surface area contributed by atoms with Crippen LogP contribution in [0.3, 0.4) is 0 Å². The third-order valence-corrected chi connectivity index (χ3v) is 2.97. The second kappa shape index (κ2) is 6.26. The van der Waals surface area contributed by atoms with Crippen molar-refractivity contribution in [1.82, 2.24) is 4.90 Å². The van der Waals surface area contributed by atoms with Crippen molar-refractivity contribution in [2.24, 2.45) is 0 Å². The third kappa shape index (κ3) is 5.49. The molecule has 0 saturated heterocycles. The van der Waals surface area contributed by atoms with Gasteiger partial charge in [0.2, 0.25) is 0 Å². The van der Waals surface area contributed by atoms with Crippen molar-refractivity contribution < 1.29 is 14.6 Å². The number of hydrogen-bond donors (Lipinski definition) is 1. The molecule has 0 aliphatic rings. The van der Waals surface area contributed by atoms with Crippen LogP contribution in [0.15, 0.2) is 18.2 Å². The molecular formula is C14H20ClNO3. The minimum Gasteiger partial charge on any atom is -0.484 e. The molecule has 19 heavy (non-hydrogen) atoms. The van der Waals surface area contributed by atoms with Gasteiger partial charge in [-0.05, 0) is 44.5 Å². The van der Waals surface area contributed by atoms with Gasteiger partial charge in [-0.1, -0.05) is 11.6 Å². The van der Waals surface area contributed by atoms with Crippen LogP contribution in [0.2, 0.25) is 5.02 Å².